The Morgan fingerprint density at radius 3 is 2.54 bits per heavy atom. The Bertz CT molecular complexity index is 988. The van der Waals surface area contributed by atoms with Crippen molar-refractivity contribution in [2.45, 2.75) is 19.3 Å². The normalized spacial score (nSPS) is 14.9. The summed E-state index contributed by atoms with van der Waals surface area (Å²) in [5.74, 6) is -0.380. The number of hydrogen-bond acceptors (Lipinski definition) is 5. The topological polar surface area (TPSA) is 101 Å². The Morgan fingerprint density at radius 2 is 1.82 bits per heavy atom. The molecule has 1 fully saturated rings. The lowest BCUT2D eigenvalue weighted by Crippen LogP contribution is -2.38. The van der Waals surface area contributed by atoms with Crippen LogP contribution in [0, 0.1) is 5.92 Å². The predicted molar refractivity (Wildman–Crippen MR) is 107 cm³/mol. The van der Waals surface area contributed by atoms with E-state index in [2.05, 4.69) is 15.4 Å². The van der Waals surface area contributed by atoms with E-state index in [0.717, 1.165) is 42.7 Å². The quantitative estimate of drug-likeness (QED) is 0.711. The van der Waals surface area contributed by atoms with Gasteiger partial charge in [0, 0.05) is 35.8 Å². The summed E-state index contributed by atoms with van der Waals surface area (Å²) in [6.45, 7) is 1.61. The van der Waals surface area contributed by atoms with Crippen LogP contribution in [0.2, 0.25) is 0 Å². The first-order valence-electron chi connectivity index (χ1n) is 9.37. The van der Waals surface area contributed by atoms with Gasteiger partial charge in [0.1, 0.15) is 5.69 Å². The molecule has 1 saturated heterocycles. The molecule has 0 saturated carbocycles. The molecule has 7 nitrogen and oxygen atoms in total. The fourth-order valence-corrected chi connectivity index (χ4v) is 3.60. The van der Waals surface area contributed by atoms with Crippen molar-refractivity contribution >= 4 is 34.2 Å². The van der Waals surface area contributed by atoms with Crippen molar-refractivity contribution in [3.63, 3.8) is 0 Å². The highest BCUT2D eigenvalue weighted by Gasteiger charge is 2.23. The molecule has 3 aromatic rings. The number of primary amides is 1. The molecular formula is C21H22N4O3. The number of para-hydroxylation sites is 1. The van der Waals surface area contributed by atoms with Crippen molar-refractivity contribution in [3.8, 4) is 0 Å². The molecule has 2 amide bonds. The molecule has 7 heteroatoms. The number of hydrogen-bond donors (Lipinski definition) is 2. The van der Waals surface area contributed by atoms with Crippen molar-refractivity contribution in [3.05, 3.63) is 54.2 Å². The van der Waals surface area contributed by atoms with E-state index in [4.69, 9.17) is 10.3 Å². The highest BCUT2D eigenvalue weighted by atomic mass is 16.5. The molecule has 1 aliphatic heterocycles. The number of anilines is 2. The van der Waals surface area contributed by atoms with Crippen LogP contribution in [0.3, 0.4) is 0 Å². The molecule has 0 spiro atoms. The number of nitrogens with zero attached hydrogens (tertiary/aromatic N) is 2. The zero-order valence-electron chi connectivity index (χ0n) is 15.4. The molecule has 0 unspecified atom stereocenters. The van der Waals surface area contributed by atoms with E-state index in [-0.39, 0.29) is 24.2 Å². The highest BCUT2D eigenvalue weighted by Crippen LogP contribution is 2.25. The number of carbonyl (C=O) groups is 2. The van der Waals surface area contributed by atoms with Gasteiger partial charge in [-0.3, -0.25) is 9.59 Å². The largest absolute Gasteiger partial charge is 0.371 e. The number of aromatic nitrogens is 1. The molecule has 144 valence electrons. The van der Waals surface area contributed by atoms with Gasteiger partial charge >= 0.3 is 0 Å². The van der Waals surface area contributed by atoms with E-state index in [9.17, 15) is 9.59 Å². The van der Waals surface area contributed by atoms with Gasteiger partial charge in [0.25, 0.3) is 0 Å². The fraction of sp³-hybridized carbons (Fsp3) is 0.286. The minimum atomic E-state index is -0.211. The predicted octanol–water partition coefficient (Wildman–Crippen LogP) is 2.71. The van der Waals surface area contributed by atoms with Gasteiger partial charge in [-0.05, 0) is 49.2 Å². The number of nitrogens with one attached hydrogen (secondary N) is 1. The van der Waals surface area contributed by atoms with Crippen LogP contribution >= 0.6 is 0 Å². The van der Waals surface area contributed by atoms with Crippen molar-refractivity contribution < 1.29 is 14.1 Å². The minimum Gasteiger partial charge on any atom is -0.371 e. The van der Waals surface area contributed by atoms with E-state index in [1.54, 1.807) is 0 Å². The summed E-state index contributed by atoms with van der Waals surface area (Å²) in [6.07, 6.45) is 1.71. The fourth-order valence-electron chi connectivity index (χ4n) is 3.60. The van der Waals surface area contributed by atoms with Crippen molar-refractivity contribution in [2.24, 2.45) is 11.7 Å². The van der Waals surface area contributed by atoms with Gasteiger partial charge in [-0.15, -0.1) is 0 Å². The average molecular weight is 378 g/mol. The maximum atomic E-state index is 12.4. The van der Waals surface area contributed by atoms with Crippen LogP contribution < -0.4 is 16.0 Å². The van der Waals surface area contributed by atoms with Gasteiger partial charge in [0.2, 0.25) is 11.8 Å². The van der Waals surface area contributed by atoms with E-state index < -0.39 is 0 Å². The second-order valence-electron chi connectivity index (χ2n) is 7.06. The van der Waals surface area contributed by atoms with Crippen molar-refractivity contribution in [1.29, 1.82) is 0 Å². The number of nitrogens with two attached hydrogens (primary N) is 1. The number of piperidine rings is 1. The van der Waals surface area contributed by atoms with Crippen molar-refractivity contribution in [2.75, 3.05) is 23.3 Å². The van der Waals surface area contributed by atoms with Gasteiger partial charge < -0.3 is 20.5 Å². The van der Waals surface area contributed by atoms with Crippen LogP contribution in [0.4, 0.5) is 11.4 Å². The molecule has 0 radical (unpaired) electrons. The third-order valence-electron chi connectivity index (χ3n) is 5.19. The monoisotopic (exact) mass is 378 g/mol. The van der Waals surface area contributed by atoms with Crippen molar-refractivity contribution in [1.82, 2.24) is 5.16 Å². The Kier molecular flexibility index (Phi) is 4.97. The third-order valence-corrected chi connectivity index (χ3v) is 5.19. The first kappa shape index (κ1) is 18.0. The smallest absolute Gasteiger partial charge is 0.230 e. The van der Waals surface area contributed by atoms with Gasteiger partial charge in [-0.25, -0.2) is 0 Å². The van der Waals surface area contributed by atoms with Gasteiger partial charge in [0.15, 0.2) is 5.58 Å². The molecule has 1 aromatic heterocycles. The maximum Gasteiger partial charge on any atom is 0.230 e. The summed E-state index contributed by atoms with van der Waals surface area (Å²) >= 11 is 0. The zero-order chi connectivity index (χ0) is 19.5. The van der Waals surface area contributed by atoms with E-state index in [1.807, 2.05) is 48.5 Å². The molecular weight excluding hydrogens is 356 g/mol. The summed E-state index contributed by atoms with van der Waals surface area (Å²) in [4.78, 5) is 25.9. The lowest BCUT2D eigenvalue weighted by molar-refractivity contribution is -0.122. The molecule has 0 bridgehead atoms. The molecule has 0 atom stereocenters. The highest BCUT2D eigenvalue weighted by molar-refractivity contribution is 5.94. The molecule has 2 aromatic carbocycles. The molecule has 3 N–H and O–H groups in total. The second kappa shape index (κ2) is 7.72. The standard InChI is InChI=1S/C21H22N4O3/c22-21(27)14-9-11-25(12-10-14)16-7-5-15(6-8-16)23-20(26)13-18-17-3-1-2-4-19(17)28-24-18/h1-8,14H,9-13H2,(H2,22,27)(H,23,26). The van der Waals surface area contributed by atoms with E-state index >= 15 is 0 Å². The number of benzene rings is 2. The maximum absolute atomic E-state index is 12.4. The lowest BCUT2D eigenvalue weighted by atomic mass is 9.96. The van der Waals surface area contributed by atoms with Crippen LogP contribution in [-0.2, 0) is 16.0 Å². The summed E-state index contributed by atoms with van der Waals surface area (Å²) in [5, 5.41) is 7.75. The van der Waals surface area contributed by atoms with Gasteiger partial charge in [0.05, 0.1) is 6.42 Å². The lowest BCUT2D eigenvalue weighted by Gasteiger charge is -2.32. The number of carbonyl (C=O) groups excluding carboxylic acids is 2. The summed E-state index contributed by atoms with van der Waals surface area (Å²) in [5.41, 5.74) is 8.49. The number of amides is 2. The first-order valence-corrected chi connectivity index (χ1v) is 9.37. The first-order chi connectivity index (χ1) is 13.6. The summed E-state index contributed by atoms with van der Waals surface area (Å²) in [7, 11) is 0. The summed E-state index contributed by atoms with van der Waals surface area (Å²) < 4.78 is 5.24. The van der Waals surface area contributed by atoms with E-state index in [0.29, 0.717) is 11.3 Å². The second-order valence-corrected chi connectivity index (χ2v) is 7.06. The number of rotatable bonds is 5. The average Bonchev–Trinajstić information content (AvgIpc) is 3.11. The van der Waals surface area contributed by atoms with Gasteiger partial charge in [-0.1, -0.05) is 17.3 Å². The Labute approximate surface area is 162 Å². The Balaban J connectivity index is 1.35. The molecule has 2 heterocycles. The van der Waals surface area contributed by atoms with Crippen LogP contribution in [0.1, 0.15) is 18.5 Å². The number of fused-ring (bicyclic) bond motifs is 1. The van der Waals surface area contributed by atoms with Crippen LogP contribution in [0.5, 0.6) is 0 Å². The molecule has 4 rings (SSSR count). The SMILES string of the molecule is NC(=O)C1CCN(c2ccc(NC(=O)Cc3noc4ccccc34)cc2)CC1. The minimum absolute atomic E-state index is 0.0255. The third kappa shape index (κ3) is 3.83. The van der Waals surface area contributed by atoms with Crippen LogP contribution in [0.25, 0.3) is 11.0 Å². The Morgan fingerprint density at radius 1 is 1.11 bits per heavy atom. The van der Waals surface area contributed by atoms with Crippen LogP contribution in [-0.4, -0.2) is 30.1 Å². The van der Waals surface area contributed by atoms with Gasteiger partial charge in [-0.2, -0.15) is 0 Å². The summed E-state index contributed by atoms with van der Waals surface area (Å²) in [6, 6.07) is 15.2. The molecule has 28 heavy (non-hydrogen) atoms. The molecule has 0 aliphatic carbocycles. The Hall–Kier alpha value is -3.35. The van der Waals surface area contributed by atoms with Crippen LogP contribution in [0.15, 0.2) is 53.1 Å². The molecule has 1 aliphatic rings. The zero-order valence-corrected chi connectivity index (χ0v) is 15.4. The van der Waals surface area contributed by atoms with E-state index in [1.165, 1.54) is 0 Å².